The van der Waals surface area contributed by atoms with Gasteiger partial charge < -0.3 is 19.2 Å². The predicted molar refractivity (Wildman–Crippen MR) is 66.3 cm³/mol. The summed E-state index contributed by atoms with van der Waals surface area (Å²) in [6.45, 7) is 1.09. The minimum Gasteiger partial charge on any atom is -0.481 e. The van der Waals surface area contributed by atoms with Crippen LogP contribution in [0.4, 0.5) is 0 Å². The Hall–Kier alpha value is -2.08. The van der Waals surface area contributed by atoms with Crippen molar-refractivity contribution >= 4 is 18.0 Å². The molecule has 1 saturated heterocycles. The fourth-order valence-corrected chi connectivity index (χ4v) is 1.95. The second kappa shape index (κ2) is 6.19. The summed E-state index contributed by atoms with van der Waals surface area (Å²) in [7, 11) is 0. The van der Waals surface area contributed by atoms with Gasteiger partial charge >= 0.3 is 5.97 Å². The highest BCUT2D eigenvalue weighted by Gasteiger charge is 2.27. The maximum Gasteiger partial charge on any atom is 0.305 e. The number of carbonyl (C=O) groups is 2. The molecule has 6 heteroatoms. The minimum absolute atomic E-state index is 0.111. The molecule has 19 heavy (non-hydrogen) atoms. The van der Waals surface area contributed by atoms with Crippen LogP contribution in [0.15, 0.2) is 28.9 Å². The van der Waals surface area contributed by atoms with E-state index in [0.29, 0.717) is 18.9 Å². The van der Waals surface area contributed by atoms with E-state index in [0.717, 1.165) is 0 Å². The molecule has 0 spiro atoms. The fourth-order valence-electron chi connectivity index (χ4n) is 1.95. The van der Waals surface area contributed by atoms with E-state index in [2.05, 4.69) is 0 Å². The normalized spacial score (nSPS) is 19.8. The number of ether oxygens (including phenoxy) is 1. The van der Waals surface area contributed by atoms with Crippen LogP contribution in [0.1, 0.15) is 12.2 Å². The lowest BCUT2D eigenvalue weighted by molar-refractivity contribution is -0.143. The molecule has 1 aromatic heterocycles. The summed E-state index contributed by atoms with van der Waals surface area (Å²) in [4.78, 5) is 24.3. The van der Waals surface area contributed by atoms with Crippen molar-refractivity contribution in [1.82, 2.24) is 4.90 Å². The third kappa shape index (κ3) is 3.69. The number of furan rings is 1. The van der Waals surface area contributed by atoms with Gasteiger partial charge in [0.25, 0.3) is 0 Å². The molecule has 1 atom stereocenters. The first kappa shape index (κ1) is 13.4. The van der Waals surface area contributed by atoms with E-state index in [4.69, 9.17) is 14.3 Å². The molecule has 1 aliphatic heterocycles. The highest BCUT2D eigenvalue weighted by atomic mass is 16.5. The summed E-state index contributed by atoms with van der Waals surface area (Å²) in [6.07, 6.45) is 4.36. The van der Waals surface area contributed by atoms with E-state index in [1.54, 1.807) is 18.2 Å². The number of carboxylic acid groups (broad SMARTS) is 1. The third-order valence-electron chi connectivity index (χ3n) is 2.85. The fraction of sp³-hybridized carbons (Fsp3) is 0.385. The summed E-state index contributed by atoms with van der Waals surface area (Å²) in [5.41, 5.74) is 0. The molecule has 2 rings (SSSR count). The second-order valence-corrected chi connectivity index (χ2v) is 4.21. The summed E-state index contributed by atoms with van der Waals surface area (Å²) in [6, 6.07) is 3.05. The summed E-state index contributed by atoms with van der Waals surface area (Å²) < 4.78 is 10.3. The molecule has 1 fully saturated rings. The number of rotatable bonds is 4. The van der Waals surface area contributed by atoms with E-state index < -0.39 is 12.0 Å². The molecule has 1 aliphatic rings. The summed E-state index contributed by atoms with van der Waals surface area (Å²) >= 11 is 0. The Morgan fingerprint density at radius 1 is 1.53 bits per heavy atom. The van der Waals surface area contributed by atoms with Crippen molar-refractivity contribution in [2.75, 3.05) is 19.8 Å². The standard InChI is InChI=1S/C13H15NO5/c15-12(4-3-11-2-1-6-19-11)14-5-7-18-9-10(14)8-13(16)17/h1-4,6,10H,5,7-9H2,(H,16,17)/b4-3+. The first-order valence-corrected chi connectivity index (χ1v) is 5.98. The Morgan fingerprint density at radius 3 is 3.05 bits per heavy atom. The van der Waals surface area contributed by atoms with Crippen LogP contribution in [0, 0.1) is 0 Å². The van der Waals surface area contributed by atoms with Crippen LogP contribution in [-0.4, -0.2) is 47.7 Å². The topological polar surface area (TPSA) is 80.0 Å². The van der Waals surface area contributed by atoms with Gasteiger partial charge in [-0.05, 0) is 18.2 Å². The quantitative estimate of drug-likeness (QED) is 0.821. The molecule has 0 bridgehead atoms. The average Bonchev–Trinajstić information content (AvgIpc) is 2.89. The lowest BCUT2D eigenvalue weighted by Crippen LogP contribution is -2.49. The van der Waals surface area contributed by atoms with E-state index in [-0.39, 0.29) is 18.9 Å². The van der Waals surface area contributed by atoms with E-state index in [1.807, 2.05) is 0 Å². The van der Waals surface area contributed by atoms with Crippen LogP contribution < -0.4 is 0 Å². The van der Waals surface area contributed by atoms with Crippen LogP contribution >= 0.6 is 0 Å². The Balaban J connectivity index is 2.00. The minimum atomic E-state index is -0.941. The summed E-state index contributed by atoms with van der Waals surface area (Å²) in [5.74, 6) is -0.592. The Kier molecular flexibility index (Phi) is 4.35. The number of hydrogen-bond donors (Lipinski definition) is 1. The third-order valence-corrected chi connectivity index (χ3v) is 2.85. The maximum atomic E-state index is 12.0. The molecule has 1 amide bonds. The Morgan fingerprint density at radius 2 is 2.37 bits per heavy atom. The lowest BCUT2D eigenvalue weighted by Gasteiger charge is -2.34. The van der Waals surface area contributed by atoms with Gasteiger partial charge in [-0.2, -0.15) is 0 Å². The van der Waals surface area contributed by atoms with Crippen molar-refractivity contribution in [2.24, 2.45) is 0 Å². The second-order valence-electron chi connectivity index (χ2n) is 4.21. The smallest absolute Gasteiger partial charge is 0.305 e. The molecular weight excluding hydrogens is 250 g/mol. The van der Waals surface area contributed by atoms with Gasteiger partial charge in [0, 0.05) is 12.6 Å². The van der Waals surface area contributed by atoms with Gasteiger partial charge in [-0.25, -0.2) is 0 Å². The monoisotopic (exact) mass is 265 g/mol. The molecule has 1 unspecified atom stereocenters. The molecule has 1 aromatic rings. The van der Waals surface area contributed by atoms with E-state index in [9.17, 15) is 9.59 Å². The van der Waals surface area contributed by atoms with Crippen LogP contribution in [0.25, 0.3) is 6.08 Å². The van der Waals surface area contributed by atoms with Gasteiger partial charge in [0.15, 0.2) is 0 Å². The molecule has 0 aromatic carbocycles. The van der Waals surface area contributed by atoms with Gasteiger partial charge in [-0.1, -0.05) is 0 Å². The van der Waals surface area contributed by atoms with E-state index >= 15 is 0 Å². The molecule has 1 N–H and O–H groups in total. The lowest BCUT2D eigenvalue weighted by atomic mass is 10.1. The zero-order chi connectivity index (χ0) is 13.7. The summed E-state index contributed by atoms with van der Waals surface area (Å²) in [5, 5.41) is 8.82. The van der Waals surface area contributed by atoms with Gasteiger partial charge in [-0.3, -0.25) is 9.59 Å². The van der Waals surface area contributed by atoms with Gasteiger partial charge in [0.1, 0.15) is 5.76 Å². The van der Waals surface area contributed by atoms with Crippen LogP contribution in [0.5, 0.6) is 0 Å². The largest absolute Gasteiger partial charge is 0.481 e. The van der Waals surface area contributed by atoms with Crippen LogP contribution in [-0.2, 0) is 14.3 Å². The van der Waals surface area contributed by atoms with Crippen molar-refractivity contribution in [3.8, 4) is 0 Å². The Labute approximate surface area is 110 Å². The zero-order valence-electron chi connectivity index (χ0n) is 10.3. The molecule has 0 radical (unpaired) electrons. The molecular formula is C13H15NO5. The first-order chi connectivity index (χ1) is 9.16. The molecule has 2 heterocycles. The molecule has 0 aliphatic carbocycles. The van der Waals surface area contributed by atoms with Crippen LogP contribution in [0.2, 0.25) is 0 Å². The van der Waals surface area contributed by atoms with Crippen molar-refractivity contribution in [3.63, 3.8) is 0 Å². The molecule has 102 valence electrons. The number of amides is 1. The van der Waals surface area contributed by atoms with Gasteiger partial charge in [0.05, 0.1) is 31.9 Å². The van der Waals surface area contributed by atoms with Gasteiger partial charge in [-0.15, -0.1) is 0 Å². The number of aliphatic carboxylic acids is 1. The highest BCUT2D eigenvalue weighted by Crippen LogP contribution is 2.12. The predicted octanol–water partition coefficient (Wildman–Crippen LogP) is 0.995. The van der Waals surface area contributed by atoms with Crippen molar-refractivity contribution < 1.29 is 23.8 Å². The van der Waals surface area contributed by atoms with E-state index in [1.165, 1.54) is 17.2 Å². The number of carboxylic acids is 1. The highest BCUT2D eigenvalue weighted by molar-refractivity contribution is 5.92. The SMILES string of the molecule is O=C(O)CC1COCCN1C(=O)/C=C/c1ccco1. The van der Waals surface area contributed by atoms with Crippen molar-refractivity contribution in [1.29, 1.82) is 0 Å². The first-order valence-electron chi connectivity index (χ1n) is 5.98. The number of hydrogen-bond acceptors (Lipinski definition) is 4. The molecule has 6 nitrogen and oxygen atoms in total. The average molecular weight is 265 g/mol. The maximum absolute atomic E-state index is 12.0. The zero-order valence-corrected chi connectivity index (χ0v) is 10.3. The van der Waals surface area contributed by atoms with Crippen molar-refractivity contribution in [3.05, 3.63) is 30.2 Å². The number of carbonyl (C=O) groups excluding carboxylic acids is 1. The number of nitrogens with zero attached hydrogens (tertiary/aromatic N) is 1. The Bertz CT molecular complexity index is 465. The van der Waals surface area contributed by atoms with Crippen LogP contribution in [0.3, 0.4) is 0 Å². The molecule has 0 saturated carbocycles. The number of morpholine rings is 1. The van der Waals surface area contributed by atoms with Gasteiger partial charge in [0.2, 0.25) is 5.91 Å². The van der Waals surface area contributed by atoms with Crippen molar-refractivity contribution in [2.45, 2.75) is 12.5 Å².